The molecule has 0 unspecified atom stereocenters. The van der Waals surface area contributed by atoms with Crippen LogP contribution in [0.3, 0.4) is 0 Å². The van der Waals surface area contributed by atoms with Crippen molar-refractivity contribution in [2.45, 2.75) is 44.9 Å². The molecule has 0 saturated heterocycles. The zero-order valence-electron chi connectivity index (χ0n) is 15.9. The molecule has 1 N–H and O–H groups in total. The topological polar surface area (TPSA) is 90.9 Å². The molecule has 9 heteroatoms. The van der Waals surface area contributed by atoms with Crippen LogP contribution < -0.4 is 14.2 Å². The van der Waals surface area contributed by atoms with Gasteiger partial charge in [0, 0.05) is 18.1 Å². The molecule has 0 aliphatic carbocycles. The van der Waals surface area contributed by atoms with Gasteiger partial charge in [0.1, 0.15) is 17.5 Å². The standard InChI is InChI=1S/C17H26ClNO6S/c1-7-25-16(20)14(19-26(21,22)17(2,3)4)10-12-13(18)8-11(23-5)9-15(12)24-6/h8-9,14,19H,7,10H2,1-6H3/t14-/m0/s1. The second-order valence-electron chi connectivity index (χ2n) is 6.53. The minimum absolute atomic E-state index is 0.0276. The molecule has 0 fully saturated rings. The highest BCUT2D eigenvalue weighted by Crippen LogP contribution is 2.33. The van der Waals surface area contributed by atoms with Crippen molar-refractivity contribution in [1.29, 1.82) is 0 Å². The predicted molar refractivity (Wildman–Crippen MR) is 100 cm³/mol. The first kappa shape index (κ1) is 22.5. The first-order valence-electron chi connectivity index (χ1n) is 8.05. The van der Waals surface area contributed by atoms with E-state index in [0.717, 1.165) is 0 Å². The van der Waals surface area contributed by atoms with Crippen molar-refractivity contribution in [2.75, 3.05) is 20.8 Å². The maximum absolute atomic E-state index is 12.5. The van der Waals surface area contributed by atoms with Gasteiger partial charge in [0.2, 0.25) is 10.0 Å². The Kier molecular flexibility index (Phi) is 7.73. The molecular formula is C17H26ClNO6S. The van der Waals surface area contributed by atoms with Crippen molar-refractivity contribution >= 4 is 27.6 Å². The Morgan fingerprint density at radius 1 is 1.23 bits per heavy atom. The number of esters is 1. The Morgan fingerprint density at radius 3 is 2.31 bits per heavy atom. The Morgan fingerprint density at radius 2 is 1.85 bits per heavy atom. The monoisotopic (exact) mass is 407 g/mol. The molecule has 0 radical (unpaired) electrons. The molecule has 0 spiro atoms. The number of halogens is 1. The number of sulfonamides is 1. The number of nitrogens with one attached hydrogen (secondary N) is 1. The maximum Gasteiger partial charge on any atom is 0.324 e. The van der Waals surface area contributed by atoms with E-state index in [2.05, 4.69) is 4.72 Å². The third-order valence-corrected chi connectivity index (χ3v) is 6.21. The second-order valence-corrected chi connectivity index (χ2v) is 9.41. The first-order valence-corrected chi connectivity index (χ1v) is 9.91. The summed E-state index contributed by atoms with van der Waals surface area (Å²) in [6.45, 7) is 6.39. The van der Waals surface area contributed by atoms with Crippen LogP contribution in [0.15, 0.2) is 12.1 Å². The Bertz CT molecular complexity index is 742. The summed E-state index contributed by atoms with van der Waals surface area (Å²) in [6, 6.07) is 2.04. The Hall–Kier alpha value is -1.51. The lowest BCUT2D eigenvalue weighted by Gasteiger charge is -2.25. The summed E-state index contributed by atoms with van der Waals surface area (Å²) in [4.78, 5) is 12.3. The van der Waals surface area contributed by atoms with Crippen LogP contribution in [0.4, 0.5) is 0 Å². The van der Waals surface area contributed by atoms with Gasteiger partial charge in [0.15, 0.2) is 0 Å². The molecule has 0 saturated carbocycles. The van der Waals surface area contributed by atoms with Gasteiger partial charge < -0.3 is 14.2 Å². The van der Waals surface area contributed by atoms with Gasteiger partial charge in [-0.15, -0.1) is 0 Å². The number of rotatable bonds is 8. The summed E-state index contributed by atoms with van der Waals surface area (Å²) >= 11 is 6.29. The predicted octanol–water partition coefficient (Wildman–Crippen LogP) is 2.55. The molecule has 1 aromatic rings. The SMILES string of the molecule is CCOC(=O)[C@H](Cc1c(Cl)cc(OC)cc1OC)NS(=O)(=O)C(C)(C)C. The third kappa shape index (κ3) is 5.49. The van der Waals surface area contributed by atoms with Crippen molar-refractivity contribution in [3.05, 3.63) is 22.7 Å². The van der Waals surface area contributed by atoms with E-state index in [1.165, 1.54) is 14.2 Å². The Labute approximate surface area is 160 Å². The number of hydrogen-bond acceptors (Lipinski definition) is 6. The minimum atomic E-state index is -3.79. The largest absolute Gasteiger partial charge is 0.497 e. The summed E-state index contributed by atoms with van der Waals surface area (Å²) in [6.07, 6.45) is -0.0276. The van der Waals surface area contributed by atoms with Gasteiger partial charge >= 0.3 is 5.97 Å². The van der Waals surface area contributed by atoms with Gasteiger partial charge in [0.25, 0.3) is 0 Å². The summed E-state index contributed by atoms with van der Waals surface area (Å²) in [5.74, 6) is 0.187. The second kappa shape index (κ2) is 8.92. The molecule has 0 aliphatic heterocycles. The molecule has 0 aromatic heterocycles. The molecule has 26 heavy (non-hydrogen) atoms. The van der Waals surface area contributed by atoms with Gasteiger partial charge in [-0.25, -0.2) is 13.1 Å². The molecule has 0 aliphatic rings. The van der Waals surface area contributed by atoms with Crippen LogP contribution in [0.25, 0.3) is 0 Å². The average molecular weight is 408 g/mol. The van der Waals surface area contributed by atoms with Gasteiger partial charge in [-0.1, -0.05) is 11.6 Å². The molecule has 1 aromatic carbocycles. The zero-order valence-corrected chi connectivity index (χ0v) is 17.5. The van der Waals surface area contributed by atoms with Crippen LogP contribution >= 0.6 is 11.6 Å². The first-order chi connectivity index (χ1) is 12.0. The summed E-state index contributed by atoms with van der Waals surface area (Å²) in [5, 5.41) is 0.297. The lowest BCUT2D eigenvalue weighted by Crippen LogP contribution is -2.49. The van der Waals surface area contributed by atoms with Crippen LogP contribution in [0.1, 0.15) is 33.3 Å². The van der Waals surface area contributed by atoms with E-state index >= 15 is 0 Å². The van der Waals surface area contributed by atoms with Gasteiger partial charge in [-0.05, 0) is 33.8 Å². The molecule has 148 valence electrons. The summed E-state index contributed by atoms with van der Waals surface area (Å²) < 4.78 is 41.8. The molecule has 1 atom stereocenters. The Balaban J connectivity index is 3.29. The van der Waals surface area contributed by atoms with Crippen molar-refractivity contribution in [2.24, 2.45) is 0 Å². The van der Waals surface area contributed by atoms with E-state index in [9.17, 15) is 13.2 Å². The van der Waals surface area contributed by atoms with E-state index in [1.807, 2.05) is 0 Å². The molecular weight excluding hydrogens is 382 g/mol. The lowest BCUT2D eigenvalue weighted by atomic mass is 10.0. The van der Waals surface area contributed by atoms with Crippen LogP contribution in [-0.2, 0) is 26.0 Å². The van der Waals surface area contributed by atoms with Crippen molar-refractivity contribution in [1.82, 2.24) is 4.72 Å². The fourth-order valence-corrected chi connectivity index (χ4v) is 3.26. The quantitative estimate of drug-likeness (QED) is 0.666. The highest BCUT2D eigenvalue weighted by Gasteiger charge is 2.35. The summed E-state index contributed by atoms with van der Waals surface area (Å²) in [7, 11) is -0.844. The fourth-order valence-electron chi connectivity index (χ4n) is 2.07. The zero-order chi connectivity index (χ0) is 20.1. The molecule has 1 rings (SSSR count). The maximum atomic E-state index is 12.5. The van der Waals surface area contributed by atoms with Crippen LogP contribution in [-0.4, -0.2) is 46.0 Å². The van der Waals surface area contributed by atoms with E-state index in [4.69, 9.17) is 25.8 Å². The highest BCUT2D eigenvalue weighted by atomic mass is 35.5. The number of carbonyl (C=O) groups is 1. The summed E-state index contributed by atoms with van der Waals surface area (Å²) in [5.41, 5.74) is 0.477. The van der Waals surface area contributed by atoms with Crippen molar-refractivity contribution in [3.8, 4) is 11.5 Å². The van der Waals surface area contributed by atoms with E-state index in [1.54, 1.807) is 39.8 Å². The van der Waals surface area contributed by atoms with Crippen LogP contribution in [0.2, 0.25) is 5.02 Å². The smallest absolute Gasteiger partial charge is 0.324 e. The van der Waals surface area contributed by atoms with Crippen LogP contribution in [0.5, 0.6) is 11.5 Å². The fraction of sp³-hybridized carbons (Fsp3) is 0.588. The minimum Gasteiger partial charge on any atom is -0.497 e. The third-order valence-electron chi connectivity index (χ3n) is 3.67. The van der Waals surface area contributed by atoms with Gasteiger partial charge in [-0.3, -0.25) is 4.79 Å². The number of methoxy groups -OCH3 is 2. The number of carbonyl (C=O) groups excluding carboxylic acids is 1. The number of hydrogen-bond donors (Lipinski definition) is 1. The average Bonchev–Trinajstić information content (AvgIpc) is 2.54. The highest BCUT2D eigenvalue weighted by molar-refractivity contribution is 7.90. The number of benzene rings is 1. The molecule has 7 nitrogen and oxygen atoms in total. The van der Waals surface area contributed by atoms with E-state index < -0.39 is 26.8 Å². The normalized spacial score (nSPS) is 13.2. The van der Waals surface area contributed by atoms with E-state index in [-0.39, 0.29) is 13.0 Å². The van der Waals surface area contributed by atoms with E-state index in [0.29, 0.717) is 22.1 Å². The van der Waals surface area contributed by atoms with Crippen molar-refractivity contribution in [3.63, 3.8) is 0 Å². The molecule has 0 amide bonds. The van der Waals surface area contributed by atoms with Gasteiger partial charge in [-0.2, -0.15) is 0 Å². The van der Waals surface area contributed by atoms with Crippen molar-refractivity contribution < 1.29 is 27.4 Å². The number of ether oxygens (including phenoxy) is 3. The molecule has 0 bridgehead atoms. The molecule has 0 heterocycles. The van der Waals surface area contributed by atoms with Gasteiger partial charge in [0.05, 0.1) is 30.6 Å². The lowest BCUT2D eigenvalue weighted by molar-refractivity contribution is -0.145. The van der Waals surface area contributed by atoms with Crippen LogP contribution in [0, 0.1) is 0 Å².